The molecule has 5 nitrogen and oxygen atoms in total. The molecule has 0 saturated heterocycles. The normalized spacial score (nSPS) is 10.8. The van der Waals surface area contributed by atoms with E-state index in [0.29, 0.717) is 28.3 Å². The molecule has 1 N–H and O–H groups in total. The molecular weight excluding hydrogens is 402 g/mol. The van der Waals surface area contributed by atoms with Crippen LogP contribution in [0.15, 0.2) is 72.3 Å². The fraction of sp³-hybridized carbons (Fsp3) is 0.0833. The maximum atomic E-state index is 13.4. The SMILES string of the molecule is COc1ccc(/C=C(\C#N)C(=O)Nc2ccc(F)cc2)c(OCc2cccc(F)c2)c1. The highest BCUT2D eigenvalue weighted by Crippen LogP contribution is 2.28. The molecule has 1 amide bonds. The average molecular weight is 420 g/mol. The third kappa shape index (κ3) is 5.90. The maximum Gasteiger partial charge on any atom is 0.266 e. The van der Waals surface area contributed by atoms with Gasteiger partial charge in [-0.15, -0.1) is 0 Å². The lowest BCUT2D eigenvalue weighted by atomic mass is 10.1. The van der Waals surface area contributed by atoms with Crippen LogP contribution in [-0.2, 0) is 11.4 Å². The smallest absolute Gasteiger partial charge is 0.266 e. The van der Waals surface area contributed by atoms with Gasteiger partial charge in [-0.25, -0.2) is 8.78 Å². The van der Waals surface area contributed by atoms with Gasteiger partial charge in [0.15, 0.2) is 0 Å². The first-order valence-corrected chi connectivity index (χ1v) is 9.22. The second-order valence-corrected chi connectivity index (χ2v) is 6.45. The summed E-state index contributed by atoms with van der Waals surface area (Å²) in [6.45, 7) is 0.0788. The lowest BCUT2D eigenvalue weighted by molar-refractivity contribution is -0.112. The van der Waals surface area contributed by atoms with E-state index in [-0.39, 0.29) is 18.0 Å². The van der Waals surface area contributed by atoms with E-state index >= 15 is 0 Å². The standard InChI is InChI=1S/C24H18F2N2O3/c1-30-22-10-5-17(23(13-22)31-15-16-3-2-4-20(26)11-16)12-18(14-27)24(29)28-21-8-6-19(25)7-9-21/h2-13H,15H2,1H3,(H,28,29)/b18-12+. The van der Waals surface area contributed by atoms with Gasteiger partial charge in [0.25, 0.3) is 5.91 Å². The van der Waals surface area contributed by atoms with E-state index in [2.05, 4.69) is 5.32 Å². The minimum Gasteiger partial charge on any atom is -0.497 e. The number of hydrogen-bond acceptors (Lipinski definition) is 4. The Morgan fingerprint density at radius 3 is 2.52 bits per heavy atom. The number of nitrogens with zero attached hydrogens (tertiary/aromatic N) is 1. The lowest BCUT2D eigenvalue weighted by Crippen LogP contribution is -2.13. The first kappa shape index (κ1) is 21.5. The van der Waals surface area contributed by atoms with Gasteiger partial charge in [-0.1, -0.05) is 12.1 Å². The predicted molar refractivity (Wildman–Crippen MR) is 112 cm³/mol. The fourth-order valence-electron chi connectivity index (χ4n) is 2.71. The van der Waals surface area contributed by atoms with Crippen LogP contribution in [0.25, 0.3) is 6.08 Å². The summed E-state index contributed by atoms with van der Waals surface area (Å²) in [5.74, 6) is -0.601. The average Bonchev–Trinajstić information content (AvgIpc) is 2.78. The number of nitriles is 1. The number of carbonyl (C=O) groups is 1. The fourth-order valence-corrected chi connectivity index (χ4v) is 2.71. The van der Waals surface area contributed by atoms with Crippen LogP contribution in [0.3, 0.4) is 0 Å². The quantitative estimate of drug-likeness (QED) is 0.427. The molecule has 0 aromatic heterocycles. The Bertz CT molecular complexity index is 1150. The molecule has 0 unspecified atom stereocenters. The zero-order chi connectivity index (χ0) is 22.2. The van der Waals surface area contributed by atoms with Crippen LogP contribution in [0.2, 0.25) is 0 Å². The molecule has 0 radical (unpaired) electrons. The molecule has 3 aromatic rings. The molecule has 3 rings (SSSR count). The molecular formula is C24H18F2N2O3. The molecule has 0 spiro atoms. The Hall–Kier alpha value is -4.18. The van der Waals surface area contributed by atoms with Gasteiger partial charge in [0, 0.05) is 17.3 Å². The van der Waals surface area contributed by atoms with Crippen molar-refractivity contribution in [3.8, 4) is 17.6 Å². The molecule has 0 atom stereocenters. The molecule has 0 aliphatic carbocycles. The zero-order valence-electron chi connectivity index (χ0n) is 16.6. The Labute approximate surface area is 178 Å². The summed E-state index contributed by atoms with van der Waals surface area (Å²) in [6.07, 6.45) is 1.37. The topological polar surface area (TPSA) is 71.3 Å². The van der Waals surface area contributed by atoms with Crippen molar-refractivity contribution in [2.75, 3.05) is 12.4 Å². The first-order chi connectivity index (χ1) is 15.0. The summed E-state index contributed by atoms with van der Waals surface area (Å²) in [5.41, 5.74) is 1.25. The highest BCUT2D eigenvalue weighted by Gasteiger charge is 2.13. The molecule has 0 fully saturated rings. The van der Waals surface area contributed by atoms with Gasteiger partial charge in [-0.3, -0.25) is 4.79 Å². The number of anilines is 1. The number of amides is 1. The van der Waals surface area contributed by atoms with Gasteiger partial charge in [0.05, 0.1) is 7.11 Å². The van der Waals surface area contributed by atoms with Gasteiger partial charge < -0.3 is 14.8 Å². The molecule has 0 bridgehead atoms. The summed E-state index contributed by atoms with van der Waals surface area (Å²) >= 11 is 0. The number of methoxy groups -OCH3 is 1. The largest absolute Gasteiger partial charge is 0.497 e. The van der Waals surface area contributed by atoms with E-state index in [1.54, 1.807) is 30.3 Å². The third-order valence-corrected chi connectivity index (χ3v) is 4.27. The van der Waals surface area contributed by atoms with Crippen LogP contribution in [0.4, 0.5) is 14.5 Å². The molecule has 0 heterocycles. The summed E-state index contributed by atoms with van der Waals surface area (Å²) in [6, 6.07) is 17.9. The van der Waals surface area contributed by atoms with Crippen LogP contribution in [-0.4, -0.2) is 13.0 Å². The molecule has 156 valence electrons. The van der Waals surface area contributed by atoms with Crippen LogP contribution in [0.5, 0.6) is 11.5 Å². The number of ether oxygens (including phenoxy) is 2. The van der Waals surface area contributed by atoms with Gasteiger partial charge in [-0.05, 0) is 60.2 Å². The summed E-state index contributed by atoms with van der Waals surface area (Å²) in [5, 5.41) is 12.0. The van der Waals surface area contributed by atoms with Crippen molar-refractivity contribution in [2.45, 2.75) is 6.61 Å². The van der Waals surface area contributed by atoms with Crippen molar-refractivity contribution in [3.05, 3.63) is 95.1 Å². The highest BCUT2D eigenvalue weighted by molar-refractivity contribution is 6.09. The Morgan fingerprint density at radius 2 is 1.84 bits per heavy atom. The van der Waals surface area contributed by atoms with E-state index in [1.807, 2.05) is 6.07 Å². The number of hydrogen-bond donors (Lipinski definition) is 1. The van der Waals surface area contributed by atoms with E-state index in [1.165, 1.54) is 49.6 Å². The van der Waals surface area contributed by atoms with Crippen molar-refractivity contribution in [2.24, 2.45) is 0 Å². The molecule has 31 heavy (non-hydrogen) atoms. The van der Waals surface area contributed by atoms with E-state index in [9.17, 15) is 18.8 Å². The maximum absolute atomic E-state index is 13.4. The Kier molecular flexibility index (Phi) is 6.97. The van der Waals surface area contributed by atoms with Crippen LogP contribution in [0, 0.1) is 23.0 Å². The van der Waals surface area contributed by atoms with Crippen LogP contribution in [0.1, 0.15) is 11.1 Å². The van der Waals surface area contributed by atoms with Crippen LogP contribution >= 0.6 is 0 Å². The molecule has 0 saturated carbocycles. The summed E-state index contributed by atoms with van der Waals surface area (Å²) < 4.78 is 37.5. The monoisotopic (exact) mass is 420 g/mol. The number of benzene rings is 3. The third-order valence-electron chi connectivity index (χ3n) is 4.27. The Morgan fingerprint density at radius 1 is 1.06 bits per heavy atom. The molecule has 0 aliphatic rings. The van der Waals surface area contributed by atoms with Crippen molar-refractivity contribution in [1.29, 1.82) is 5.26 Å². The first-order valence-electron chi connectivity index (χ1n) is 9.22. The second kappa shape index (κ2) is 10.0. The van der Waals surface area contributed by atoms with Gasteiger partial charge in [0.1, 0.15) is 41.4 Å². The number of carbonyl (C=O) groups excluding carboxylic acids is 1. The van der Waals surface area contributed by atoms with Crippen molar-refractivity contribution < 1.29 is 23.0 Å². The van der Waals surface area contributed by atoms with Gasteiger partial charge >= 0.3 is 0 Å². The number of halogens is 2. The zero-order valence-corrected chi connectivity index (χ0v) is 16.6. The van der Waals surface area contributed by atoms with E-state index in [4.69, 9.17) is 9.47 Å². The minimum atomic E-state index is -0.652. The van der Waals surface area contributed by atoms with Crippen molar-refractivity contribution >= 4 is 17.7 Å². The predicted octanol–water partition coefficient (Wildman–Crippen LogP) is 5.10. The second-order valence-electron chi connectivity index (χ2n) is 6.45. The van der Waals surface area contributed by atoms with E-state index < -0.39 is 11.7 Å². The van der Waals surface area contributed by atoms with Crippen molar-refractivity contribution in [1.82, 2.24) is 0 Å². The Balaban J connectivity index is 1.85. The number of nitrogens with one attached hydrogen (secondary N) is 1. The van der Waals surface area contributed by atoms with Gasteiger partial charge in [0.2, 0.25) is 0 Å². The summed E-state index contributed by atoms with van der Waals surface area (Å²) in [7, 11) is 1.50. The summed E-state index contributed by atoms with van der Waals surface area (Å²) in [4.78, 5) is 12.5. The van der Waals surface area contributed by atoms with Crippen LogP contribution < -0.4 is 14.8 Å². The highest BCUT2D eigenvalue weighted by atomic mass is 19.1. The lowest BCUT2D eigenvalue weighted by Gasteiger charge is -2.12. The van der Waals surface area contributed by atoms with Crippen molar-refractivity contribution in [3.63, 3.8) is 0 Å². The molecule has 0 aliphatic heterocycles. The van der Waals surface area contributed by atoms with Gasteiger partial charge in [-0.2, -0.15) is 5.26 Å². The number of rotatable bonds is 7. The minimum absolute atomic E-state index is 0.0788. The molecule has 7 heteroatoms. The van der Waals surface area contributed by atoms with E-state index in [0.717, 1.165) is 0 Å². The molecule has 3 aromatic carbocycles.